The van der Waals surface area contributed by atoms with Crippen molar-refractivity contribution in [3.05, 3.63) is 23.6 Å². The van der Waals surface area contributed by atoms with E-state index in [9.17, 15) is 0 Å². The molecule has 0 bridgehead atoms. The summed E-state index contributed by atoms with van der Waals surface area (Å²) in [7, 11) is 0. The minimum absolute atomic E-state index is 0.701. The highest BCUT2D eigenvalue weighted by molar-refractivity contribution is 7.14. The Kier molecular flexibility index (Phi) is 3.86. The van der Waals surface area contributed by atoms with E-state index in [1.54, 1.807) is 11.3 Å². The molecule has 1 aromatic heterocycles. The van der Waals surface area contributed by atoms with Crippen LogP contribution in [0, 0.1) is 0 Å². The first kappa shape index (κ1) is 13.8. The summed E-state index contributed by atoms with van der Waals surface area (Å²) in [5, 5.41) is 3.16. The van der Waals surface area contributed by atoms with Gasteiger partial charge >= 0.3 is 0 Å². The maximum Gasteiger partial charge on any atom is 0.186 e. The van der Waals surface area contributed by atoms with Crippen molar-refractivity contribution in [3.63, 3.8) is 0 Å². The van der Waals surface area contributed by atoms with Crippen LogP contribution in [0.25, 0.3) is 11.3 Å². The van der Waals surface area contributed by atoms with Crippen molar-refractivity contribution in [1.82, 2.24) is 4.98 Å². The van der Waals surface area contributed by atoms with E-state index in [1.165, 1.54) is 0 Å². The number of hydrogen-bond acceptors (Lipinski definition) is 6. The Morgan fingerprint density at radius 3 is 2.68 bits per heavy atom. The Bertz CT molecular complexity index is 653. The molecule has 3 heterocycles. The zero-order valence-electron chi connectivity index (χ0n) is 12.3. The first-order valence-corrected chi connectivity index (χ1v) is 8.46. The first-order chi connectivity index (χ1) is 10.9. The molecule has 2 aromatic rings. The summed E-state index contributed by atoms with van der Waals surface area (Å²) in [6.45, 7) is 4.79. The molecule has 0 amide bonds. The standard InChI is InChI=1S/C16H18N2O3S/c1-6-20-14-3-2-12(10-15(14)21-7-1)13-11-22-16(17-13)18-4-8-19-9-5-18/h2-3,10-11H,1,4-9H2. The zero-order chi connectivity index (χ0) is 14.8. The second-order valence-electron chi connectivity index (χ2n) is 5.33. The van der Waals surface area contributed by atoms with Gasteiger partial charge in [0.05, 0.1) is 32.1 Å². The minimum atomic E-state index is 0.701. The fourth-order valence-corrected chi connectivity index (χ4v) is 3.51. The first-order valence-electron chi connectivity index (χ1n) is 7.58. The third-order valence-electron chi connectivity index (χ3n) is 3.82. The topological polar surface area (TPSA) is 43.8 Å². The van der Waals surface area contributed by atoms with Crippen molar-refractivity contribution in [2.75, 3.05) is 44.4 Å². The van der Waals surface area contributed by atoms with Crippen LogP contribution in [0.2, 0.25) is 0 Å². The summed E-state index contributed by atoms with van der Waals surface area (Å²) in [5.41, 5.74) is 2.06. The van der Waals surface area contributed by atoms with Gasteiger partial charge < -0.3 is 19.1 Å². The molecule has 0 unspecified atom stereocenters. The Morgan fingerprint density at radius 2 is 1.82 bits per heavy atom. The number of thiazole rings is 1. The fraction of sp³-hybridized carbons (Fsp3) is 0.438. The van der Waals surface area contributed by atoms with Crippen LogP contribution in [0.5, 0.6) is 11.5 Å². The van der Waals surface area contributed by atoms with E-state index in [4.69, 9.17) is 19.2 Å². The number of morpholine rings is 1. The van der Waals surface area contributed by atoms with Gasteiger partial charge in [-0.25, -0.2) is 4.98 Å². The van der Waals surface area contributed by atoms with Crippen molar-refractivity contribution in [3.8, 4) is 22.8 Å². The number of rotatable bonds is 2. The van der Waals surface area contributed by atoms with Gasteiger partial charge in [-0.05, 0) is 18.2 Å². The lowest BCUT2D eigenvalue weighted by Crippen LogP contribution is -2.36. The molecule has 116 valence electrons. The number of hydrogen-bond donors (Lipinski definition) is 0. The van der Waals surface area contributed by atoms with Gasteiger partial charge in [-0.3, -0.25) is 0 Å². The molecule has 0 saturated carbocycles. The largest absolute Gasteiger partial charge is 0.490 e. The van der Waals surface area contributed by atoms with Gasteiger partial charge in [-0.1, -0.05) is 0 Å². The van der Waals surface area contributed by atoms with Gasteiger partial charge in [-0.2, -0.15) is 0 Å². The third kappa shape index (κ3) is 2.76. The third-order valence-corrected chi connectivity index (χ3v) is 4.72. The highest BCUT2D eigenvalue weighted by atomic mass is 32.1. The van der Waals surface area contributed by atoms with Crippen molar-refractivity contribution >= 4 is 16.5 Å². The average molecular weight is 318 g/mol. The van der Waals surface area contributed by atoms with Crippen LogP contribution < -0.4 is 14.4 Å². The van der Waals surface area contributed by atoms with E-state index in [2.05, 4.69) is 10.3 Å². The van der Waals surface area contributed by atoms with Crippen molar-refractivity contribution in [2.45, 2.75) is 6.42 Å². The lowest BCUT2D eigenvalue weighted by atomic mass is 10.1. The molecular formula is C16H18N2O3S. The summed E-state index contributed by atoms with van der Waals surface area (Å²) in [4.78, 5) is 7.05. The smallest absolute Gasteiger partial charge is 0.186 e. The van der Waals surface area contributed by atoms with Crippen molar-refractivity contribution in [1.29, 1.82) is 0 Å². The number of anilines is 1. The van der Waals surface area contributed by atoms with Crippen LogP contribution in [0.1, 0.15) is 6.42 Å². The van der Waals surface area contributed by atoms with Gasteiger partial charge in [0.1, 0.15) is 0 Å². The summed E-state index contributed by atoms with van der Waals surface area (Å²) in [5.74, 6) is 1.64. The number of nitrogens with zero attached hydrogens (tertiary/aromatic N) is 2. The molecule has 6 heteroatoms. The molecule has 5 nitrogen and oxygen atoms in total. The van der Waals surface area contributed by atoms with Crippen LogP contribution in [-0.4, -0.2) is 44.5 Å². The number of benzene rings is 1. The normalized spacial score (nSPS) is 18.1. The number of ether oxygens (including phenoxy) is 3. The van der Waals surface area contributed by atoms with Crippen LogP contribution in [0.15, 0.2) is 23.6 Å². The van der Waals surface area contributed by atoms with E-state index in [1.807, 2.05) is 18.2 Å². The van der Waals surface area contributed by atoms with E-state index >= 15 is 0 Å². The summed E-state index contributed by atoms with van der Waals surface area (Å²) in [6, 6.07) is 6.05. The molecule has 22 heavy (non-hydrogen) atoms. The lowest BCUT2D eigenvalue weighted by Gasteiger charge is -2.26. The van der Waals surface area contributed by atoms with Crippen molar-refractivity contribution < 1.29 is 14.2 Å². The molecule has 0 atom stereocenters. The van der Waals surface area contributed by atoms with E-state index < -0.39 is 0 Å². The van der Waals surface area contributed by atoms with Crippen LogP contribution in [-0.2, 0) is 4.74 Å². The molecule has 2 aliphatic rings. The molecule has 0 N–H and O–H groups in total. The number of fused-ring (bicyclic) bond motifs is 1. The molecule has 1 aromatic carbocycles. The predicted octanol–water partition coefficient (Wildman–Crippen LogP) is 2.81. The maximum atomic E-state index is 5.76. The van der Waals surface area contributed by atoms with Gasteiger partial charge in [0.25, 0.3) is 0 Å². The van der Waals surface area contributed by atoms with E-state index in [-0.39, 0.29) is 0 Å². The van der Waals surface area contributed by atoms with Crippen LogP contribution in [0.4, 0.5) is 5.13 Å². The molecule has 0 aliphatic carbocycles. The highest BCUT2D eigenvalue weighted by Crippen LogP contribution is 2.35. The van der Waals surface area contributed by atoms with Crippen LogP contribution in [0.3, 0.4) is 0 Å². The van der Waals surface area contributed by atoms with Crippen molar-refractivity contribution in [2.24, 2.45) is 0 Å². The highest BCUT2D eigenvalue weighted by Gasteiger charge is 2.17. The molecule has 0 radical (unpaired) electrons. The molecule has 0 spiro atoms. The summed E-state index contributed by atoms with van der Waals surface area (Å²) in [6.07, 6.45) is 0.919. The lowest BCUT2D eigenvalue weighted by molar-refractivity contribution is 0.122. The average Bonchev–Trinajstić information content (AvgIpc) is 2.95. The van der Waals surface area contributed by atoms with Gasteiger partial charge in [-0.15, -0.1) is 11.3 Å². The Balaban J connectivity index is 1.59. The SMILES string of the molecule is c1cc2c(cc1-c1csc(N3CCOCC3)n1)OCCCO2. The zero-order valence-corrected chi connectivity index (χ0v) is 13.1. The van der Waals surface area contributed by atoms with E-state index in [0.29, 0.717) is 13.2 Å². The van der Waals surface area contributed by atoms with Crippen LogP contribution >= 0.6 is 11.3 Å². The second kappa shape index (κ2) is 6.14. The summed E-state index contributed by atoms with van der Waals surface area (Å²) < 4.78 is 16.8. The minimum Gasteiger partial charge on any atom is -0.490 e. The van der Waals surface area contributed by atoms with E-state index in [0.717, 1.165) is 60.6 Å². The molecular weight excluding hydrogens is 300 g/mol. The Hall–Kier alpha value is -1.79. The monoisotopic (exact) mass is 318 g/mol. The van der Waals surface area contributed by atoms with Gasteiger partial charge in [0, 0.05) is 30.5 Å². The second-order valence-corrected chi connectivity index (χ2v) is 6.16. The Labute approximate surface area is 133 Å². The predicted molar refractivity (Wildman–Crippen MR) is 86.2 cm³/mol. The molecule has 2 aliphatic heterocycles. The molecule has 4 rings (SSSR count). The van der Waals surface area contributed by atoms with Gasteiger partial charge in [0.15, 0.2) is 16.6 Å². The molecule has 1 fully saturated rings. The Morgan fingerprint density at radius 1 is 1.00 bits per heavy atom. The maximum absolute atomic E-state index is 5.76. The quantitative estimate of drug-likeness (QED) is 0.852. The summed E-state index contributed by atoms with van der Waals surface area (Å²) >= 11 is 1.68. The number of aromatic nitrogens is 1. The molecule has 1 saturated heterocycles. The fourth-order valence-electron chi connectivity index (χ4n) is 2.62. The van der Waals surface area contributed by atoms with Gasteiger partial charge in [0.2, 0.25) is 0 Å².